The second-order valence-corrected chi connectivity index (χ2v) is 8.60. The van der Waals surface area contributed by atoms with E-state index in [2.05, 4.69) is 10.1 Å². The molecule has 0 unspecified atom stereocenters. The summed E-state index contributed by atoms with van der Waals surface area (Å²) in [4.78, 5) is 16.9. The van der Waals surface area contributed by atoms with Gasteiger partial charge in [-0.15, -0.1) is 0 Å². The van der Waals surface area contributed by atoms with E-state index in [0.717, 1.165) is 27.2 Å². The average Bonchev–Trinajstić information content (AvgIpc) is 3.32. The first-order valence-electron chi connectivity index (χ1n) is 10.3. The highest BCUT2D eigenvalue weighted by Crippen LogP contribution is 2.33. The Morgan fingerprint density at radius 2 is 1.91 bits per heavy atom. The van der Waals surface area contributed by atoms with Gasteiger partial charge in [-0.2, -0.15) is 15.1 Å². The molecule has 0 bridgehead atoms. The van der Waals surface area contributed by atoms with Crippen LogP contribution in [0.4, 0.5) is 4.39 Å². The van der Waals surface area contributed by atoms with E-state index in [-0.39, 0.29) is 17.2 Å². The van der Waals surface area contributed by atoms with E-state index in [1.165, 1.54) is 22.8 Å². The minimum Gasteiger partial charge on any atom is -0.340 e. The Bertz CT molecular complexity index is 1380. The van der Waals surface area contributed by atoms with Crippen LogP contribution < -0.4 is 0 Å². The lowest BCUT2D eigenvalue weighted by atomic mass is 10.1. The fraction of sp³-hybridized carbons (Fsp3) is 0.167. The van der Waals surface area contributed by atoms with Gasteiger partial charge < -0.3 is 4.57 Å². The molecule has 2 aliphatic rings. The van der Waals surface area contributed by atoms with E-state index in [1.54, 1.807) is 18.2 Å². The SMILES string of the molecule is CCC1=NN2C(=N)/C(=C/c3c(C)n(Cc4ccccc4F)c4ccccc34)C(=O)N=C2S1. The molecule has 5 rings (SSSR count). The molecule has 3 heterocycles. The Kier molecular flexibility index (Phi) is 5.01. The second-order valence-electron chi connectivity index (χ2n) is 7.56. The zero-order chi connectivity index (χ0) is 22.4. The number of fused-ring (bicyclic) bond motifs is 2. The first-order valence-corrected chi connectivity index (χ1v) is 11.1. The molecule has 0 atom stereocenters. The number of halogens is 1. The van der Waals surface area contributed by atoms with Gasteiger partial charge >= 0.3 is 0 Å². The van der Waals surface area contributed by atoms with Crippen molar-refractivity contribution < 1.29 is 9.18 Å². The van der Waals surface area contributed by atoms with Crippen molar-refractivity contribution >= 4 is 50.7 Å². The number of para-hydroxylation sites is 1. The number of hydrogen-bond donors (Lipinski definition) is 1. The summed E-state index contributed by atoms with van der Waals surface area (Å²) in [6.07, 6.45) is 2.42. The predicted octanol–water partition coefficient (Wildman–Crippen LogP) is 5.17. The van der Waals surface area contributed by atoms with Crippen LogP contribution in [0.25, 0.3) is 17.0 Å². The smallest absolute Gasteiger partial charge is 0.283 e. The number of nitrogens with one attached hydrogen (secondary N) is 1. The molecular weight excluding hydrogens is 425 g/mol. The third kappa shape index (κ3) is 3.27. The number of thioether (sulfide) groups is 1. The van der Waals surface area contributed by atoms with Crippen LogP contribution in [0.2, 0.25) is 0 Å². The number of hydrazone groups is 1. The molecule has 32 heavy (non-hydrogen) atoms. The van der Waals surface area contributed by atoms with Crippen molar-refractivity contribution in [2.75, 3.05) is 0 Å². The fourth-order valence-corrected chi connectivity index (χ4v) is 4.78. The van der Waals surface area contributed by atoms with Crippen LogP contribution in [-0.2, 0) is 11.3 Å². The molecule has 0 spiro atoms. The molecule has 2 aromatic carbocycles. The van der Waals surface area contributed by atoms with Crippen molar-refractivity contribution in [2.45, 2.75) is 26.8 Å². The van der Waals surface area contributed by atoms with Gasteiger partial charge in [0.1, 0.15) is 10.9 Å². The van der Waals surface area contributed by atoms with Crippen molar-refractivity contribution in [1.29, 1.82) is 5.41 Å². The van der Waals surface area contributed by atoms with Gasteiger partial charge in [-0.1, -0.05) is 43.3 Å². The largest absolute Gasteiger partial charge is 0.340 e. The average molecular weight is 446 g/mol. The molecule has 3 aromatic rings. The maximum absolute atomic E-state index is 14.3. The highest BCUT2D eigenvalue weighted by molar-refractivity contribution is 8.26. The molecule has 1 aromatic heterocycles. The molecular formula is C24H20FN5OS. The number of aliphatic imine (C=N–C) groups is 1. The summed E-state index contributed by atoms with van der Waals surface area (Å²) in [5.74, 6) is -0.695. The van der Waals surface area contributed by atoms with E-state index < -0.39 is 5.91 Å². The van der Waals surface area contributed by atoms with Gasteiger partial charge in [0.2, 0.25) is 5.17 Å². The van der Waals surface area contributed by atoms with Crippen LogP contribution in [-0.4, -0.2) is 31.5 Å². The monoisotopic (exact) mass is 445 g/mol. The number of hydrogen-bond acceptors (Lipinski definition) is 4. The Hall–Kier alpha value is -3.52. The Labute approximate surface area is 188 Å². The predicted molar refractivity (Wildman–Crippen MR) is 127 cm³/mol. The van der Waals surface area contributed by atoms with Gasteiger partial charge in [0.25, 0.3) is 5.91 Å². The number of amidine groups is 2. The number of rotatable bonds is 4. The summed E-state index contributed by atoms with van der Waals surface area (Å²) in [5, 5.41) is 16.6. The van der Waals surface area contributed by atoms with E-state index in [1.807, 2.05) is 48.7 Å². The summed E-state index contributed by atoms with van der Waals surface area (Å²) in [6, 6.07) is 14.5. The molecule has 0 radical (unpaired) electrons. The first kappa shape index (κ1) is 20.4. The molecule has 1 amide bonds. The van der Waals surface area contributed by atoms with Crippen LogP contribution in [0.1, 0.15) is 30.2 Å². The molecule has 8 heteroatoms. The molecule has 0 fully saturated rings. The Morgan fingerprint density at radius 1 is 1.16 bits per heavy atom. The summed E-state index contributed by atoms with van der Waals surface area (Å²) >= 11 is 1.32. The summed E-state index contributed by atoms with van der Waals surface area (Å²) in [6.45, 7) is 4.28. The zero-order valence-corrected chi connectivity index (χ0v) is 18.4. The van der Waals surface area contributed by atoms with Gasteiger partial charge in [0.05, 0.1) is 12.1 Å². The van der Waals surface area contributed by atoms with Crippen LogP contribution in [0.5, 0.6) is 0 Å². The third-order valence-corrected chi connectivity index (χ3v) is 6.71. The topological polar surface area (TPSA) is 73.8 Å². The van der Waals surface area contributed by atoms with Crippen molar-refractivity contribution in [3.63, 3.8) is 0 Å². The van der Waals surface area contributed by atoms with E-state index >= 15 is 0 Å². The normalized spacial score (nSPS) is 17.2. The summed E-state index contributed by atoms with van der Waals surface area (Å²) < 4.78 is 16.4. The summed E-state index contributed by atoms with van der Waals surface area (Å²) in [5.41, 5.74) is 3.40. The molecule has 0 saturated carbocycles. The van der Waals surface area contributed by atoms with E-state index in [9.17, 15) is 9.18 Å². The van der Waals surface area contributed by atoms with Crippen LogP contribution in [0.15, 0.2) is 64.2 Å². The van der Waals surface area contributed by atoms with E-state index in [0.29, 0.717) is 23.7 Å². The van der Waals surface area contributed by atoms with Crippen LogP contribution in [0, 0.1) is 18.2 Å². The second kappa shape index (κ2) is 7.87. The molecule has 1 N–H and O–H groups in total. The number of aromatic nitrogens is 1. The van der Waals surface area contributed by atoms with Crippen molar-refractivity contribution in [1.82, 2.24) is 9.58 Å². The first-order chi connectivity index (χ1) is 15.5. The highest BCUT2D eigenvalue weighted by Gasteiger charge is 2.35. The maximum Gasteiger partial charge on any atom is 0.283 e. The highest BCUT2D eigenvalue weighted by atomic mass is 32.2. The zero-order valence-electron chi connectivity index (χ0n) is 17.6. The number of carbonyl (C=O) groups excluding carboxylic acids is 1. The van der Waals surface area contributed by atoms with Gasteiger partial charge in [-0.25, -0.2) is 4.39 Å². The number of carbonyl (C=O) groups is 1. The lowest BCUT2D eigenvalue weighted by molar-refractivity contribution is -0.114. The number of amides is 1. The van der Waals surface area contributed by atoms with Gasteiger partial charge in [-0.3, -0.25) is 10.2 Å². The quantitative estimate of drug-likeness (QED) is 0.563. The van der Waals surface area contributed by atoms with Crippen molar-refractivity contribution in [3.8, 4) is 0 Å². The fourth-order valence-electron chi connectivity index (χ4n) is 3.96. The van der Waals surface area contributed by atoms with Gasteiger partial charge in [0, 0.05) is 27.7 Å². The minimum atomic E-state index is -0.452. The molecule has 160 valence electrons. The number of benzene rings is 2. The molecule has 0 aliphatic carbocycles. The van der Waals surface area contributed by atoms with Crippen LogP contribution >= 0.6 is 11.8 Å². The van der Waals surface area contributed by atoms with Gasteiger partial charge in [0.15, 0.2) is 5.84 Å². The Morgan fingerprint density at radius 3 is 2.69 bits per heavy atom. The maximum atomic E-state index is 14.3. The Balaban J connectivity index is 1.63. The summed E-state index contributed by atoms with van der Waals surface area (Å²) in [7, 11) is 0. The molecule has 6 nitrogen and oxygen atoms in total. The third-order valence-electron chi connectivity index (χ3n) is 5.65. The van der Waals surface area contributed by atoms with Crippen LogP contribution in [0.3, 0.4) is 0 Å². The van der Waals surface area contributed by atoms with Gasteiger partial charge in [-0.05, 0) is 43.3 Å². The lowest BCUT2D eigenvalue weighted by Crippen LogP contribution is -2.35. The van der Waals surface area contributed by atoms with E-state index in [4.69, 9.17) is 5.41 Å². The molecule has 0 saturated heterocycles. The standard InChI is InChI=1S/C24H20FN5OS/c1-3-21-28-30-22(26)18(23(31)27-24(30)32-21)12-17-14(2)29(20-11-7-5-9-16(17)20)13-15-8-4-6-10-19(15)25/h4-12,26H,3,13H2,1-2H3/b18-12-,26-22?. The molecule has 2 aliphatic heterocycles. The van der Waals surface area contributed by atoms with Crippen molar-refractivity contribution in [2.24, 2.45) is 10.1 Å². The van der Waals surface area contributed by atoms with Crippen molar-refractivity contribution in [3.05, 3.63) is 76.7 Å². The number of nitrogens with zero attached hydrogens (tertiary/aromatic N) is 4. The minimum absolute atomic E-state index is 0.0151. The lowest BCUT2D eigenvalue weighted by Gasteiger charge is -2.20.